The molecule has 1 atom stereocenters. The fourth-order valence-electron chi connectivity index (χ4n) is 4.32. The molecule has 3 saturated carbocycles. The Hall–Kier alpha value is -0.780. The Morgan fingerprint density at radius 1 is 1.08 bits per heavy atom. The standard InChI is InChI=1S/C18H31F3N2O/c1-4-23(5-2)13-6-14(3)22-15(24)16-7-10-17(11-8-16,12-9-16)18(19,20)21/h14H,4-13H2,1-3H3,(H,22,24). The molecule has 0 aromatic rings. The molecule has 3 nitrogen and oxygen atoms in total. The van der Waals surface area contributed by atoms with Crippen molar-refractivity contribution in [1.82, 2.24) is 10.2 Å². The van der Waals surface area contributed by atoms with Crippen LogP contribution in [0.15, 0.2) is 0 Å². The van der Waals surface area contributed by atoms with Gasteiger partial charge in [0, 0.05) is 18.0 Å². The van der Waals surface area contributed by atoms with Crippen LogP contribution in [0.3, 0.4) is 0 Å². The van der Waals surface area contributed by atoms with Crippen molar-refractivity contribution >= 4 is 5.91 Å². The van der Waals surface area contributed by atoms with Crippen molar-refractivity contribution in [2.45, 2.75) is 77.9 Å². The summed E-state index contributed by atoms with van der Waals surface area (Å²) < 4.78 is 39.9. The summed E-state index contributed by atoms with van der Waals surface area (Å²) in [4.78, 5) is 15.0. The summed E-state index contributed by atoms with van der Waals surface area (Å²) >= 11 is 0. The first-order valence-electron chi connectivity index (χ1n) is 9.28. The minimum Gasteiger partial charge on any atom is -0.353 e. The predicted octanol–water partition coefficient (Wildman–Crippen LogP) is 4.13. The summed E-state index contributed by atoms with van der Waals surface area (Å²) in [5, 5.41) is 3.07. The number of rotatable bonds is 7. The minimum absolute atomic E-state index is 0.0231. The molecular formula is C18H31F3N2O. The lowest BCUT2D eigenvalue weighted by Crippen LogP contribution is -2.55. The minimum atomic E-state index is -4.13. The number of fused-ring (bicyclic) bond motifs is 3. The van der Waals surface area contributed by atoms with Gasteiger partial charge < -0.3 is 10.2 Å². The second kappa shape index (κ2) is 7.22. The molecular weight excluding hydrogens is 317 g/mol. The molecule has 6 heteroatoms. The van der Waals surface area contributed by atoms with Crippen LogP contribution in [0.5, 0.6) is 0 Å². The van der Waals surface area contributed by atoms with Crippen LogP contribution in [0.1, 0.15) is 65.7 Å². The van der Waals surface area contributed by atoms with Crippen molar-refractivity contribution in [2.75, 3.05) is 19.6 Å². The smallest absolute Gasteiger partial charge is 0.353 e. The van der Waals surface area contributed by atoms with E-state index in [0.29, 0.717) is 19.3 Å². The Balaban J connectivity index is 1.88. The molecule has 3 aliphatic rings. The first-order valence-corrected chi connectivity index (χ1v) is 9.28. The van der Waals surface area contributed by atoms with E-state index in [-0.39, 0.29) is 31.2 Å². The maximum absolute atomic E-state index is 13.3. The van der Waals surface area contributed by atoms with Crippen molar-refractivity contribution < 1.29 is 18.0 Å². The van der Waals surface area contributed by atoms with E-state index in [1.165, 1.54) is 0 Å². The molecule has 0 aliphatic heterocycles. The van der Waals surface area contributed by atoms with E-state index in [1.807, 2.05) is 6.92 Å². The summed E-state index contributed by atoms with van der Waals surface area (Å²) in [5.41, 5.74) is -2.08. The quantitative estimate of drug-likeness (QED) is 0.750. The Bertz CT molecular complexity index is 422. The fraction of sp³-hybridized carbons (Fsp3) is 0.944. The van der Waals surface area contributed by atoms with Crippen molar-refractivity contribution in [1.29, 1.82) is 0 Å². The molecule has 0 aromatic heterocycles. The molecule has 1 amide bonds. The van der Waals surface area contributed by atoms with Crippen molar-refractivity contribution in [2.24, 2.45) is 10.8 Å². The summed E-state index contributed by atoms with van der Waals surface area (Å²) in [6, 6.07) is 0.0590. The van der Waals surface area contributed by atoms with Crippen molar-refractivity contribution in [3.63, 3.8) is 0 Å². The maximum atomic E-state index is 13.3. The van der Waals surface area contributed by atoms with Gasteiger partial charge in [-0.1, -0.05) is 13.8 Å². The zero-order valence-electron chi connectivity index (χ0n) is 15.1. The topological polar surface area (TPSA) is 32.3 Å². The number of amides is 1. The molecule has 0 spiro atoms. The zero-order valence-corrected chi connectivity index (χ0v) is 15.1. The van der Waals surface area contributed by atoms with E-state index < -0.39 is 17.0 Å². The molecule has 1 N–H and O–H groups in total. The number of nitrogens with one attached hydrogen (secondary N) is 1. The molecule has 1 unspecified atom stereocenters. The summed E-state index contributed by atoms with van der Waals surface area (Å²) in [6.07, 6.45) is -1.81. The van der Waals surface area contributed by atoms with E-state index in [0.717, 1.165) is 26.1 Å². The van der Waals surface area contributed by atoms with E-state index in [2.05, 4.69) is 24.1 Å². The maximum Gasteiger partial charge on any atom is 0.394 e. The molecule has 0 heterocycles. The van der Waals surface area contributed by atoms with Crippen LogP contribution in [0, 0.1) is 10.8 Å². The highest BCUT2D eigenvalue weighted by Crippen LogP contribution is 2.62. The van der Waals surface area contributed by atoms with E-state index in [9.17, 15) is 18.0 Å². The molecule has 0 aromatic carbocycles. The number of hydrogen-bond acceptors (Lipinski definition) is 2. The molecule has 0 radical (unpaired) electrons. The molecule has 3 fully saturated rings. The van der Waals surface area contributed by atoms with Gasteiger partial charge in [-0.3, -0.25) is 4.79 Å². The first-order chi connectivity index (χ1) is 11.2. The third-order valence-electron chi connectivity index (χ3n) is 6.48. The van der Waals surface area contributed by atoms with Gasteiger partial charge in [0.2, 0.25) is 5.91 Å². The Kier molecular flexibility index (Phi) is 5.88. The van der Waals surface area contributed by atoms with Crippen LogP contribution in [0.2, 0.25) is 0 Å². The number of alkyl halides is 3. The van der Waals surface area contributed by atoms with Gasteiger partial charge in [0.15, 0.2) is 0 Å². The lowest BCUT2D eigenvalue weighted by molar-refractivity contribution is -0.258. The number of carbonyl (C=O) groups excluding carboxylic acids is 1. The van der Waals surface area contributed by atoms with Gasteiger partial charge in [0.25, 0.3) is 0 Å². The van der Waals surface area contributed by atoms with Crippen LogP contribution < -0.4 is 5.32 Å². The lowest BCUT2D eigenvalue weighted by Gasteiger charge is -2.52. The van der Waals surface area contributed by atoms with Gasteiger partial charge in [-0.25, -0.2) is 0 Å². The van der Waals surface area contributed by atoms with Gasteiger partial charge in [0.05, 0.1) is 5.41 Å². The van der Waals surface area contributed by atoms with Gasteiger partial charge in [-0.2, -0.15) is 13.2 Å². The number of hydrogen-bond donors (Lipinski definition) is 1. The zero-order chi connectivity index (χ0) is 18.0. The van der Waals surface area contributed by atoms with Gasteiger partial charge in [-0.05, 0) is 65.0 Å². The second-order valence-electron chi connectivity index (χ2n) is 7.75. The van der Waals surface area contributed by atoms with Gasteiger partial charge in [0.1, 0.15) is 0 Å². The average Bonchev–Trinajstić information content (AvgIpc) is 2.56. The normalized spacial score (nSPS) is 31.3. The third-order valence-corrected chi connectivity index (χ3v) is 6.48. The fourth-order valence-corrected chi connectivity index (χ4v) is 4.32. The van der Waals surface area contributed by atoms with E-state index >= 15 is 0 Å². The predicted molar refractivity (Wildman–Crippen MR) is 88.6 cm³/mol. The highest BCUT2D eigenvalue weighted by molar-refractivity contribution is 5.83. The van der Waals surface area contributed by atoms with Crippen LogP contribution in [0.25, 0.3) is 0 Å². The largest absolute Gasteiger partial charge is 0.394 e. The molecule has 0 saturated heterocycles. The van der Waals surface area contributed by atoms with Gasteiger partial charge in [-0.15, -0.1) is 0 Å². The highest BCUT2D eigenvalue weighted by Gasteiger charge is 2.62. The van der Waals surface area contributed by atoms with E-state index in [1.54, 1.807) is 0 Å². The lowest BCUT2D eigenvalue weighted by atomic mass is 9.53. The molecule has 3 rings (SSSR count). The average molecular weight is 348 g/mol. The van der Waals surface area contributed by atoms with E-state index in [4.69, 9.17) is 0 Å². The monoisotopic (exact) mass is 348 g/mol. The highest BCUT2D eigenvalue weighted by atomic mass is 19.4. The Morgan fingerprint density at radius 3 is 2.00 bits per heavy atom. The molecule has 2 bridgehead atoms. The van der Waals surface area contributed by atoms with Crippen LogP contribution in [-0.2, 0) is 4.79 Å². The van der Waals surface area contributed by atoms with Crippen LogP contribution >= 0.6 is 0 Å². The van der Waals surface area contributed by atoms with Crippen molar-refractivity contribution in [3.05, 3.63) is 0 Å². The molecule has 3 aliphatic carbocycles. The Morgan fingerprint density at radius 2 is 1.58 bits per heavy atom. The SMILES string of the molecule is CCN(CC)CCC(C)NC(=O)C12CCC(C(F)(F)F)(CC1)CC2. The number of nitrogens with zero attached hydrogens (tertiary/aromatic N) is 1. The van der Waals surface area contributed by atoms with Crippen LogP contribution in [0.4, 0.5) is 13.2 Å². The molecule has 24 heavy (non-hydrogen) atoms. The summed E-state index contributed by atoms with van der Waals surface area (Å²) in [5.74, 6) is -0.0231. The summed E-state index contributed by atoms with van der Waals surface area (Å²) in [6.45, 7) is 9.12. The Labute approximate surface area is 143 Å². The number of halogens is 3. The first kappa shape index (κ1) is 19.5. The van der Waals surface area contributed by atoms with Crippen LogP contribution in [-0.4, -0.2) is 42.7 Å². The summed E-state index contributed by atoms with van der Waals surface area (Å²) in [7, 11) is 0. The molecule has 140 valence electrons. The second-order valence-corrected chi connectivity index (χ2v) is 7.75. The van der Waals surface area contributed by atoms with Crippen molar-refractivity contribution in [3.8, 4) is 0 Å². The number of carbonyl (C=O) groups is 1. The van der Waals surface area contributed by atoms with Gasteiger partial charge >= 0.3 is 6.18 Å². The third kappa shape index (κ3) is 3.73.